The molecule has 0 aromatic heterocycles. The minimum Gasteiger partial charge on any atom is -0.479 e. The summed E-state index contributed by atoms with van der Waals surface area (Å²) in [5, 5.41) is 24.1. The lowest BCUT2D eigenvalue weighted by atomic mass is 10.1. The highest BCUT2D eigenvalue weighted by Gasteiger charge is 2.19. The van der Waals surface area contributed by atoms with Crippen molar-refractivity contribution in [3.05, 3.63) is 118 Å². The number of hydrogen-bond donors (Lipinski definition) is 4. The Hall–Kier alpha value is -4.37. The lowest BCUT2D eigenvalue weighted by Gasteiger charge is -2.24. The molecule has 0 fully saturated rings. The van der Waals surface area contributed by atoms with Crippen LogP contribution < -0.4 is 15.5 Å². The van der Waals surface area contributed by atoms with Crippen LogP contribution in [-0.4, -0.2) is 40.8 Å². The van der Waals surface area contributed by atoms with Crippen LogP contribution in [0.4, 0.5) is 16.2 Å². The molecule has 1 atom stereocenters. The second kappa shape index (κ2) is 13.1. The number of halogens is 2. The van der Waals surface area contributed by atoms with E-state index in [1.807, 2.05) is 54.6 Å². The minimum atomic E-state index is -1.70. The van der Waals surface area contributed by atoms with Gasteiger partial charge in [0.25, 0.3) is 5.91 Å². The number of nitrogens with zero attached hydrogens (tertiary/aromatic N) is 1. The number of carbonyl (C=O) groups excluding carboxylic acids is 2. The van der Waals surface area contributed by atoms with Crippen molar-refractivity contribution >= 4 is 52.5 Å². The molecule has 0 saturated heterocycles. The van der Waals surface area contributed by atoms with Crippen LogP contribution in [0.3, 0.4) is 0 Å². The molecule has 4 N–H and O–H groups in total. The molecule has 0 spiro atoms. The third-order valence-electron chi connectivity index (χ3n) is 5.94. The first kappa shape index (κ1) is 28.6. The molecule has 4 aromatic carbocycles. The Kier molecular flexibility index (Phi) is 9.39. The maximum absolute atomic E-state index is 13.5. The molecule has 0 aliphatic carbocycles. The number of aliphatic hydroxyl groups excluding tert-OH is 1. The van der Waals surface area contributed by atoms with Crippen LogP contribution >= 0.6 is 23.2 Å². The number of aliphatic carboxylic acids is 1. The van der Waals surface area contributed by atoms with Gasteiger partial charge in [0.1, 0.15) is 0 Å². The van der Waals surface area contributed by atoms with Crippen molar-refractivity contribution in [3.63, 3.8) is 0 Å². The summed E-state index contributed by atoms with van der Waals surface area (Å²) in [7, 11) is 0. The topological polar surface area (TPSA) is 119 Å². The number of nitrogens with one attached hydrogen (secondary N) is 2. The average Bonchev–Trinajstić information content (AvgIpc) is 2.94. The van der Waals surface area contributed by atoms with Gasteiger partial charge >= 0.3 is 12.0 Å². The fourth-order valence-electron chi connectivity index (χ4n) is 3.88. The third kappa shape index (κ3) is 7.60. The molecular weight excluding hydrogens is 553 g/mol. The highest BCUT2D eigenvalue weighted by Crippen LogP contribution is 2.27. The van der Waals surface area contributed by atoms with E-state index in [0.717, 1.165) is 16.7 Å². The summed E-state index contributed by atoms with van der Waals surface area (Å²) in [4.78, 5) is 38.1. The molecule has 204 valence electrons. The molecule has 40 heavy (non-hydrogen) atoms. The number of amides is 3. The van der Waals surface area contributed by atoms with Crippen LogP contribution in [0.5, 0.6) is 0 Å². The summed E-state index contributed by atoms with van der Waals surface area (Å²) in [6.45, 7) is -0.249. The van der Waals surface area contributed by atoms with Gasteiger partial charge in [-0.3, -0.25) is 9.69 Å². The fourth-order valence-corrected chi connectivity index (χ4v) is 4.41. The molecule has 8 nitrogen and oxygen atoms in total. The van der Waals surface area contributed by atoms with Crippen LogP contribution in [-0.2, 0) is 11.3 Å². The Balaban J connectivity index is 1.55. The van der Waals surface area contributed by atoms with Crippen LogP contribution in [0.2, 0.25) is 10.0 Å². The van der Waals surface area contributed by atoms with Crippen molar-refractivity contribution in [2.45, 2.75) is 12.6 Å². The standard InChI is InChI=1S/C30H25Cl2N3O5/c31-23-14-24(32)16-25(15-23)34-30(40)35(26-12-10-21(11-13-26)20-4-2-1-3-5-20)18-19-6-8-22(9-7-19)28(37)33-17-27(36)29(38)39/h1-16,27,36H,17-18H2,(H,33,37)(H,34,40)(H,38,39). The summed E-state index contributed by atoms with van der Waals surface area (Å²) in [6.07, 6.45) is -1.70. The van der Waals surface area contributed by atoms with Crippen molar-refractivity contribution in [3.8, 4) is 11.1 Å². The third-order valence-corrected chi connectivity index (χ3v) is 6.38. The summed E-state index contributed by atoms with van der Waals surface area (Å²) in [5.74, 6) is -1.96. The molecule has 0 heterocycles. The van der Waals surface area contributed by atoms with Crippen LogP contribution in [0.1, 0.15) is 15.9 Å². The second-order valence-electron chi connectivity index (χ2n) is 8.85. The SMILES string of the molecule is O=C(NCC(O)C(=O)O)c1ccc(CN(C(=O)Nc2cc(Cl)cc(Cl)c2)c2ccc(-c3ccccc3)cc2)cc1. The van der Waals surface area contributed by atoms with E-state index in [1.54, 1.807) is 47.4 Å². The van der Waals surface area contributed by atoms with E-state index >= 15 is 0 Å². The van der Waals surface area contributed by atoms with Crippen molar-refractivity contribution in [1.29, 1.82) is 0 Å². The van der Waals surface area contributed by atoms with E-state index < -0.39 is 30.6 Å². The summed E-state index contributed by atoms with van der Waals surface area (Å²) < 4.78 is 0. The molecule has 10 heteroatoms. The van der Waals surface area contributed by atoms with E-state index in [4.69, 9.17) is 28.3 Å². The van der Waals surface area contributed by atoms with Gasteiger partial charge in [0, 0.05) is 27.0 Å². The van der Waals surface area contributed by atoms with Gasteiger partial charge in [-0.2, -0.15) is 0 Å². The first-order valence-corrected chi connectivity index (χ1v) is 12.9. The summed E-state index contributed by atoms with van der Waals surface area (Å²) in [6, 6.07) is 28.3. The minimum absolute atomic E-state index is 0.171. The Morgan fingerprint density at radius 2 is 1.40 bits per heavy atom. The monoisotopic (exact) mass is 577 g/mol. The summed E-state index contributed by atoms with van der Waals surface area (Å²) >= 11 is 12.2. The molecule has 0 aliphatic heterocycles. The molecule has 0 saturated carbocycles. The zero-order chi connectivity index (χ0) is 28.6. The smallest absolute Gasteiger partial charge is 0.334 e. The van der Waals surface area contributed by atoms with E-state index in [-0.39, 0.29) is 12.1 Å². The molecule has 4 aromatic rings. The van der Waals surface area contributed by atoms with Crippen molar-refractivity contribution in [1.82, 2.24) is 5.32 Å². The molecular formula is C30H25Cl2N3O5. The second-order valence-corrected chi connectivity index (χ2v) is 9.72. The van der Waals surface area contributed by atoms with Gasteiger partial charge in [0.15, 0.2) is 6.10 Å². The number of aliphatic hydroxyl groups is 1. The molecule has 4 rings (SSSR count). The maximum Gasteiger partial charge on any atom is 0.334 e. The lowest BCUT2D eigenvalue weighted by Crippen LogP contribution is -2.36. The number of anilines is 2. The molecule has 0 radical (unpaired) electrons. The highest BCUT2D eigenvalue weighted by molar-refractivity contribution is 6.35. The molecule has 0 aliphatic rings. The van der Waals surface area contributed by atoms with Crippen LogP contribution in [0.25, 0.3) is 11.1 Å². The van der Waals surface area contributed by atoms with Crippen LogP contribution in [0, 0.1) is 0 Å². The first-order valence-electron chi connectivity index (χ1n) is 12.2. The number of carboxylic acids is 1. The van der Waals surface area contributed by atoms with Gasteiger partial charge in [-0.25, -0.2) is 9.59 Å². The van der Waals surface area contributed by atoms with Gasteiger partial charge in [-0.15, -0.1) is 0 Å². The quantitative estimate of drug-likeness (QED) is 0.192. The number of rotatable bonds is 9. The first-order chi connectivity index (χ1) is 19.2. The van der Waals surface area contributed by atoms with Gasteiger partial charge < -0.3 is 20.8 Å². The number of carbonyl (C=O) groups is 3. The van der Waals surface area contributed by atoms with Crippen molar-refractivity contribution in [2.75, 3.05) is 16.8 Å². The number of benzene rings is 4. The van der Waals surface area contributed by atoms with E-state index in [2.05, 4.69) is 10.6 Å². The van der Waals surface area contributed by atoms with Gasteiger partial charge in [0.05, 0.1) is 13.1 Å². The Morgan fingerprint density at radius 1 is 0.800 bits per heavy atom. The zero-order valence-electron chi connectivity index (χ0n) is 21.1. The van der Waals surface area contributed by atoms with E-state index in [1.165, 1.54) is 0 Å². The normalized spacial score (nSPS) is 11.4. The predicted molar refractivity (Wildman–Crippen MR) is 156 cm³/mol. The number of hydrogen-bond acceptors (Lipinski definition) is 4. The van der Waals surface area contributed by atoms with E-state index in [0.29, 0.717) is 21.4 Å². The highest BCUT2D eigenvalue weighted by atomic mass is 35.5. The van der Waals surface area contributed by atoms with Gasteiger partial charge in [-0.1, -0.05) is 77.8 Å². The maximum atomic E-state index is 13.5. The van der Waals surface area contributed by atoms with Gasteiger partial charge in [0.2, 0.25) is 0 Å². The lowest BCUT2D eigenvalue weighted by molar-refractivity contribution is -0.146. The Bertz CT molecular complexity index is 1480. The zero-order valence-corrected chi connectivity index (χ0v) is 22.6. The Labute approximate surface area is 240 Å². The Morgan fingerprint density at radius 3 is 2.00 bits per heavy atom. The van der Waals surface area contributed by atoms with Gasteiger partial charge in [-0.05, 0) is 59.2 Å². The molecule has 1 unspecified atom stereocenters. The number of urea groups is 1. The predicted octanol–water partition coefficient (Wildman–Crippen LogP) is 6.07. The fraction of sp³-hybridized carbons (Fsp3) is 0.100. The van der Waals surface area contributed by atoms with Crippen molar-refractivity contribution in [2.24, 2.45) is 0 Å². The van der Waals surface area contributed by atoms with E-state index in [9.17, 15) is 19.5 Å². The average molecular weight is 578 g/mol. The molecule has 0 bridgehead atoms. The largest absolute Gasteiger partial charge is 0.479 e. The number of carboxylic acid groups (broad SMARTS) is 1. The van der Waals surface area contributed by atoms with Crippen molar-refractivity contribution < 1.29 is 24.6 Å². The molecule has 3 amide bonds. The van der Waals surface area contributed by atoms with Crippen LogP contribution in [0.15, 0.2) is 97.1 Å². The summed E-state index contributed by atoms with van der Waals surface area (Å²) in [5.41, 5.74) is 4.11.